The first-order valence-corrected chi connectivity index (χ1v) is 11.5. The lowest BCUT2D eigenvalue weighted by Gasteiger charge is -2.46. The predicted molar refractivity (Wildman–Crippen MR) is 133 cm³/mol. The minimum atomic E-state index is 0.189. The number of benzene rings is 4. The molecule has 0 saturated heterocycles. The highest BCUT2D eigenvalue weighted by molar-refractivity contribution is 6.02. The molecular formula is C31H21N. The van der Waals surface area contributed by atoms with Crippen LogP contribution in [0.5, 0.6) is 0 Å². The molecule has 4 aromatic rings. The van der Waals surface area contributed by atoms with E-state index < -0.39 is 0 Å². The lowest BCUT2D eigenvalue weighted by molar-refractivity contribution is 0.801. The summed E-state index contributed by atoms with van der Waals surface area (Å²) in [5, 5.41) is 0. The van der Waals surface area contributed by atoms with Gasteiger partial charge in [0.05, 0.1) is 17.4 Å². The van der Waals surface area contributed by atoms with Gasteiger partial charge in [-0.05, 0) is 69.5 Å². The van der Waals surface area contributed by atoms with Gasteiger partial charge in [-0.2, -0.15) is 0 Å². The maximum absolute atomic E-state index is 2.62. The van der Waals surface area contributed by atoms with Crippen LogP contribution in [0.1, 0.15) is 39.4 Å². The highest BCUT2D eigenvalue weighted by Crippen LogP contribution is 2.59. The summed E-state index contributed by atoms with van der Waals surface area (Å²) in [4.78, 5) is 2.62. The summed E-state index contributed by atoms with van der Waals surface area (Å²) in [6.07, 6.45) is 11.3. The first-order chi connectivity index (χ1) is 15.9. The Kier molecular flexibility index (Phi) is 3.09. The zero-order valence-electron chi connectivity index (χ0n) is 17.7. The van der Waals surface area contributed by atoms with Gasteiger partial charge in [0.15, 0.2) is 0 Å². The quantitative estimate of drug-likeness (QED) is 0.288. The normalized spacial score (nSPS) is 16.1. The molecule has 0 atom stereocenters. The number of hydrogen-bond donors (Lipinski definition) is 0. The van der Waals surface area contributed by atoms with Crippen LogP contribution in [-0.4, -0.2) is 0 Å². The van der Waals surface area contributed by atoms with Crippen molar-refractivity contribution in [2.75, 3.05) is 4.90 Å². The van der Waals surface area contributed by atoms with Crippen LogP contribution >= 0.6 is 0 Å². The average Bonchev–Trinajstić information content (AvgIpc) is 3.52. The van der Waals surface area contributed by atoms with E-state index in [1.54, 1.807) is 0 Å². The minimum Gasteiger partial charge on any atom is -0.329 e. The SMILES string of the molecule is C1=Cc2c(ccc3c2-c2ccccc2C2c4ccccc4-c4c(ccc5c4C=CC5)N32)C1. The molecule has 1 heteroatoms. The summed E-state index contributed by atoms with van der Waals surface area (Å²) in [5.41, 5.74) is 16.7. The Morgan fingerprint density at radius 3 is 1.59 bits per heavy atom. The van der Waals surface area contributed by atoms with Crippen LogP contribution in [-0.2, 0) is 12.8 Å². The van der Waals surface area contributed by atoms with Crippen molar-refractivity contribution in [3.05, 3.63) is 118 Å². The zero-order valence-corrected chi connectivity index (χ0v) is 17.7. The van der Waals surface area contributed by atoms with Crippen LogP contribution in [0.15, 0.2) is 84.9 Å². The van der Waals surface area contributed by atoms with E-state index in [2.05, 4.69) is 102 Å². The zero-order chi connectivity index (χ0) is 20.8. The molecule has 4 aliphatic rings. The number of hydrogen-bond acceptors (Lipinski definition) is 1. The van der Waals surface area contributed by atoms with Crippen molar-refractivity contribution in [3.8, 4) is 22.3 Å². The molecule has 1 nitrogen and oxygen atoms in total. The summed E-state index contributed by atoms with van der Waals surface area (Å²) < 4.78 is 0. The van der Waals surface area contributed by atoms with Crippen LogP contribution < -0.4 is 4.90 Å². The lowest BCUT2D eigenvalue weighted by Crippen LogP contribution is -2.32. The first kappa shape index (κ1) is 16.8. The van der Waals surface area contributed by atoms with Crippen LogP contribution in [0, 0.1) is 0 Å². The Hall–Kier alpha value is -3.84. The molecule has 0 unspecified atom stereocenters. The fourth-order valence-electron chi connectivity index (χ4n) is 6.39. The van der Waals surface area contributed by atoms with Crippen LogP contribution in [0.25, 0.3) is 34.4 Å². The Morgan fingerprint density at radius 1 is 0.562 bits per heavy atom. The number of allylic oxidation sites excluding steroid dienone is 2. The molecule has 32 heavy (non-hydrogen) atoms. The van der Waals surface area contributed by atoms with Crippen molar-refractivity contribution in [2.45, 2.75) is 18.9 Å². The van der Waals surface area contributed by atoms with Gasteiger partial charge in [-0.3, -0.25) is 0 Å². The van der Waals surface area contributed by atoms with Gasteiger partial charge in [0.2, 0.25) is 0 Å². The Labute approximate surface area is 188 Å². The Bertz CT molecular complexity index is 1420. The van der Waals surface area contributed by atoms with Gasteiger partial charge in [0.25, 0.3) is 0 Å². The molecular weight excluding hydrogens is 386 g/mol. The van der Waals surface area contributed by atoms with Crippen LogP contribution in [0.4, 0.5) is 11.4 Å². The van der Waals surface area contributed by atoms with Crippen molar-refractivity contribution < 1.29 is 0 Å². The number of fused-ring (bicyclic) bond motifs is 15. The molecule has 2 heterocycles. The van der Waals surface area contributed by atoms with Crippen LogP contribution in [0.2, 0.25) is 0 Å². The van der Waals surface area contributed by atoms with Gasteiger partial charge >= 0.3 is 0 Å². The van der Waals surface area contributed by atoms with Gasteiger partial charge < -0.3 is 4.90 Å². The Balaban J connectivity index is 1.54. The van der Waals surface area contributed by atoms with E-state index in [1.165, 1.54) is 67.0 Å². The number of rotatable bonds is 0. The molecule has 2 aliphatic carbocycles. The van der Waals surface area contributed by atoms with E-state index in [0.29, 0.717) is 0 Å². The summed E-state index contributed by atoms with van der Waals surface area (Å²) in [5.74, 6) is 0. The third kappa shape index (κ3) is 1.95. The van der Waals surface area contributed by atoms with Crippen molar-refractivity contribution >= 4 is 23.5 Å². The molecule has 4 aromatic carbocycles. The van der Waals surface area contributed by atoms with Crippen molar-refractivity contribution in [1.29, 1.82) is 0 Å². The van der Waals surface area contributed by atoms with E-state index in [0.717, 1.165) is 12.8 Å². The smallest absolute Gasteiger partial charge is 0.0857 e. The largest absolute Gasteiger partial charge is 0.329 e. The van der Waals surface area contributed by atoms with Crippen molar-refractivity contribution in [1.82, 2.24) is 0 Å². The topological polar surface area (TPSA) is 3.24 Å². The molecule has 2 aliphatic heterocycles. The lowest BCUT2D eigenvalue weighted by atomic mass is 9.76. The molecule has 0 amide bonds. The second kappa shape index (κ2) is 5.89. The fourth-order valence-corrected chi connectivity index (χ4v) is 6.39. The van der Waals surface area contributed by atoms with Gasteiger partial charge in [-0.25, -0.2) is 0 Å². The standard InChI is InChI=1S/C31H21N/c1-3-11-25-23(9-1)29-21-13-5-7-19(21)15-17-27(29)32-28-18-16-20-8-6-14-22(20)30(28)24-10-2-4-12-26(24)31(25)32/h1-6,9-18,31H,7-8H2. The second-order valence-corrected chi connectivity index (χ2v) is 9.23. The molecule has 8 rings (SSSR count). The molecule has 150 valence electrons. The molecule has 0 bridgehead atoms. The van der Waals surface area contributed by atoms with Crippen LogP contribution in [0.3, 0.4) is 0 Å². The van der Waals surface area contributed by atoms with Gasteiger partial charge in [0, 0.05) is 11.1 Å². The maximum atomic E-state index is 2.62. The molecule has 0 fully saturated rings. The Morgan fingerprint density at radius 2 is 1.06 bits per heavy atom. The van der Waals surface area contributed by atoms with Crippen molar-refractivity contribution in [3.63, 3.8) is 0 Å². The summed E-state index contributed by atoms with van der Waals surface area (Å²) in [6, 6.07) is 27.7. The van der Waals surface area contributed by atoms with E-state index in [9.17, 15) is 0 Å². The number of anilines is 2. The van der Waals surface area contributed by atoms with E-state index in [-0.39, 0.29) is 6.04 Å². The second-order valence-electron chi connectivity index (χ2n) is 9.23. The minimum absolute atomic E-state index is 0.189. The van der Waals surface area contributed by atoms with E-state index in [4.69, 9.17) is 0 Å². The summed E-state index contributed by atoms with van der Waals surface area (Å²) >= 11 is 0. The summed E-state index contributed by atoms with van der Waals surface area (Å²) in [6.45, 7) is 0. The number of nitrogens with zero attached hydrogens (tertiary/aromatic N) is 1. The van der Waals surface area contributed by atoms with Crippen molar-refractivity contribution in [2.24, 2.45) is 0 Å². The van der Waals surface area contributed by atoms with E-state index >= 15 is 0 Å². The highest BCUT2D eigenvalue weighted by atomic mass is 15.2. The summed E-state index contributed by atoms with van der Waals surface area (Å²) in [7, 11) is 0. The highest BCUT2D eigenvalue weighted by Gasteiger charge is 2.40. The molecule has 0 N–H and O–H groups in total. The first-order valence-electron chi connectivity index (χ1n) is 11.5. The fraction of sp³-hybridized carbons (Fsp3) is 0.0968. The average molecular weight is 408 g/mol. The molecule has 0 spiro atoms. The third-order valence-electron chi connectivity index (χ3n) is 7.70. The maximum Gasteiger partial charge on any atom is 0.0857 e. The predicted octanol–water partition coefficient (Wildman–Crippen LogP) is 7.71. The molecule has 0 radical (unpaired) electrons. The third-order valence-corrected chi connectivity index (χ3v) is 7.70. The molecule has 0 saturated carbocycles. The van der Waals surface area contributed by atoms with Gasteiger partial charge in [-0.15, -0.1) is 0 Å². The van der Waals surface area contributed by atoms with E-state index in [1.807, 2.05) is 0 Å². The molecule has 0 aromatic heterocycles. The monoisotopic (exact) mass is 407 g/mol. The van der Waals surface area contributed by atoms with Gasteiger partial charge in [0.1, 0.15) is 0 Å². The van der Waals surface area contributed by atoms with Gasteiger partial charge in [-0.1, -0.05) is 85.0 Å².